The van der Waals surface area contributed by atoms with E-state index in [-0.39, 0.29) is 24.3 Å². The number of aliphatic hydroxyl groups is 3. The summed E-state index contributed by atoms with van der Waals surface area (Å²) in [6.07, 6.45) is -5.73. The van der Waals surface area contributed by atoms with E-state index in [1.807, 2.05) is 4.90 Å². The van der Waals surface area contributed by atoms with Crippen molar-refractivity contribution in [1.29, 1.82) is 0 Å². The number of carbonyl (C=O) groups excluding carboxylic acids is 10. The highest BCUT2D eigenvalue weighted by molar-refractivity contribution is 7.99. The molecule has 79 heavy (non-hydrogen) atoms. The maximum absolute atomic E-state index is 14.9. The zero-order valence-corrected chi connectivity index (χ0v) is 46.4. The number of anilines is 1. The number of thioether (sulfide) groups is 1. The van der Waals surface area contributed by atoms with Crippen LogP contribution in [-0.4, -0.2) is 207 Å². The van der Waals surface area contributed by atoms with E-state index < -0.39 is 170 Å². The second-order valence-corrected chi connectivity index (χ2v) is 23.0. The highest BCUT2D eigenvalue weighted by atomic mass is 32.2. The summed E-state index contributed by atoms with van der Waals surface area (Å²) in [5.74, 6) is -12.7. The second-order valence-electron chi connectivity index (χ2n) is 21.9. The first-order valence-corrected chi connectivity index (χ1v) is 27.8. The Balaban J connectivity index is 1.49. The van der Waals surface area contributed by atoms with Crippen LogP contribution in [0.3, 0.4) is 0 Å². The van der Waals surface area contributed by atoms with Gasteiger partial charge in [0.05, 0.1) is 60.4 Å². The Kier molecular flexibility index (Phi) is 21.1. The lowest BCUT2D eigenvalue weighted by Gasteiger charge is -2.36. The number of hydrogen-bond acceptors (Lipinski definition) is 18. The van der Waals surface area contributed by atoms with E-state index in [0.29, 0.717) is 72.9 Å². The van der Waals surface area contributed by atoms with E-state index in [4.69, 9.17) is 10.5 Å². The van der Waals surface area contributed by atoms with E-state index >= 15 is 0 Å². The Morgan fingerprint density at radius 1 is 0.886 bits per heavy atom. The molecular weight excluding hydrogens is 1050 g/mol. The van der Waals surface area contributed by atoms with Crippen molar-refractivity contribution in [3.63, 3.8) is 0 Å². The molecule has 0 saturated carbocycles. The molecule has 27 heteroatoms. The molecule has 0 aliphatic carbocycles. The Hall–Kier alpha value is -6.55. The zero-order valence-electron chi connectivity index (χ0n) is 45.6. The van der Waals surface area contributed by atoms with Crippen molar-refractivity contribution < 1.29 is 73.1 Å². The Morgan fingerprint density at radius 3 is 2.20 bits per heavy atom. The standard InChI is InChI=1S/C52H77N11O15S/c1-7-26(2)42-48(75)56-21-40(71)57-33-25-79-49-32(31-8-9-35(66)45(44(31)60-49)62-14-12-61(13-15-62)11-10-54-51(77)78-52(4,5)6)16-28(46(73)55-22-41(72)58-42)17-37(68)43(27(3)38(69)24-64)59-47(74)34-20-30(65)23-63(34)50(76)29(18-36(33)67)19-39(53)70/h8-9,26-30,33-34,38,42-43,60,64-66,69H,7,10-25H2,1-6H3,(H2,53,70)(H,54,77)(H,55,73)(H,56,75)(H,57,71)(H,58,72)(H,59,74)/t26-,27-,28-,29-,30+,33-,34-,38-,42-,43-/m0/s1. The number of fused-ring (bicyclic) bond motifs is 5. The van der Waals surface area contributed by atoms with Gasteiger partial charge >= 0.3 is 6.09 Å². The van der Waals surface area contributed by atoms with E-state index in [2.05, 4.69) is 41.8 Å². The van der Waals surface area contributed by atoms with Gasteiger partial charge in [-0.1, -0.05) is 27.2 Å². The van der Waals surface area contributed by atoms with Gasteiger partial charge < -0.3 is 77.6 Å². The molecule has 2 fully saturated rings. The fraction of sp³-hybridized carbons (Fsp3) is 0.654. The van der Waals surface area contributed by atoms with Crippen LogP contribution in [0.1, 0.15) is 79.2 Å². The molecule has 436 valence electrons. The van der Waals surface area contributed by atoms with Gasteiger partial charge in [-0.25, -0.2) is 4.79 Å². The predicted molar refractivity (Wildman–Crippen MR) is 287 cm³/mol. The first-order chi connectivity index (χ1) is 37.3. The first kappa shape index (κ1) is 61.7. The summed E-state index contributed by atoms with van der Waals surface area (Å²) >= 11 is 1.02. The van der Waals surface area contributed by atoms with Crippen molar-refractivity contribution in [2.75, 3.05) is 76.2 Å². The summed E-state index contributed by atoms with van der Waals surface area (Å²) in [5.41, 5.74) is 6.14. The minimum absolute atomic E-state index is 0.116. The molecule has 13 N–H and O–H groups in total. The van der Waals surface area contributed by atoms with Crippen LogP contribution in [-0.2, 0) is 54.3 Å². The van der Waals surface area contributed by atoms with Crippen molar-refractivity contribution in [2.45, 2.75) is 127 Å². The number of amides is 8. The number of hydrogen-bond donors (Lipinski definition) is 12. The number of phenols is 1. The molecule has 0 spiro atoms. The van der Waals surface area contributed by atoms with Gasteiger partial charge in [0.2, 0.25) is 41.4 Å². The minimum Gasteiger partial charge on any atom is -0.506 e. The smallest absolute Gasteiger partial charge is 0.407 e. The van der Waals surface area contributed by atoms with Gasteiger partial charge in [-0.2, -0.15) is 0 Å². The number of H-pyrrole nitrogens is 1. The van der Waals surface area contributed by atoms with Crippen molar-refractivity contribution in [3.05, 3.63) is 17.7 Å². The fourth-order valence-electron chi connectivity index (χ4n) is 10.3. The van der Waals surface area contributed by atoms with Crippen LogP contribution < -0.4 is 42.5 Å². The predicted octanol–water partition coefficient (Wildman–Crippen LogP) is -2.11. The van der Waals surface area contributed by atoms with Crippen LogP contribution >= 0.6 is 11.8 Å². The third kappa shape index (κ3) is 16.1. The highest BCUT2D eigenvalue weighted by Gasteiger charge is 2.45. The maximum Gasteiger partial charge on any atom is 0.407 e. The monoisotopic (exact) mass is 1130 g/mol. The Morgan fingerprint density at radius 2 is 1.56 bits per heavy atom. The lowest BCUT2D eigenvalue weighted by Crippen LogP contribution is -2.56. The summed E-state index contributed by atoms with van der Waals surface area (Å²) in [6.45, 7) is 10.2. The number of piperazine rings is 1. The number of aromatic hydroxyl groups is 1. The molecule has 0 radical (unpaired) electrons. The quantitative estimate of drug-likeness (QED) is 0.115. The largest absolute Gasteiger partial charge is 0.506 e. The fourth-order valence-corrected chi connectivity index (χ4v) is 11.5. The summed E-state index contributed by atoms with van der Waals surface area (Å²) in [6, 6.07) is -2.70. The number of ketones is 2. The molecule has 26 nitrogen and oxygen atoms in total. The molecule has 8 amide bonds. The van der Waals surface area contributed by atoms with Gasteiger partial charge in [0.15, 0.2) is 11.6 Å². The number of ether oxygens (including phenoxy) is 1. The number of phenolic OH excluding ortho intramolecular Hbond substituents is 1. The van der Waals surface area contributed by atoms with Crippen LogP contribution in [0.4, 0.5) is 10.5 Å². The topological polar surface area (TPSA) is 385 Å². The summed E-state index contributed by atoms with van der Waals surface area (Å²) < 4.78 is 5.36. The van der Waals surface area contributed by atoms with Crippen molar-refractivity contribution in [3.8, 4) is 5.75 Å². The van der Waals surface area contributed by atoms with E-state index in [1.54, 1.807) is 40.7 Å². The summed E-state index contributed by atoms with van der Waals surface area (Å²) in [7, 11) is 0. The molecule has 2 aromatic rings. The molecular formula is C52H77N11O15S. The maximum atomic E-state index is 14.9. The molecule has 4 aliphatic rings. The van der Waals surface area contributed by atoms with Crippen LogP contribution in [0, 0.1) is 23.7 Å². The highest BCUT2D eigenvalue weighted by Crippen LogP contribution is 2.42. The summed E-state index contributed by atoms with van der Waals surface area (Å²) in [4.78, 5) is 148. The van der Waals surface area contributed by atoms with E-state index in [1.165, 1.54) is 13.0 Å². The number of alkyl carbamates (subject to hydrolysis) is 1. The SMILES string of the molecule is CC[C@H](C)[C@@H]1NC(=O)CNC(=O)[C@@H]2CC(=O)[C@H]([C@@H](C)[C@@H](O)CO)NC(=O)[C@@H]3C[C@@H](O)CN3C(=O)[C@H](CC(N)=O)CC(=O)[C@H](CSc3[nH]c4c(N5CCN(CCNC(=O)OC(C)(C)C)CC5)c(O)ccc4c3C2)NC(=O)CNC1=O. The van der Waals surface area contributed by atoms with Crippen molar-refractivity contribution >= 4 is 87.4 Å². The number of nitrogens with two attached hydrogens (primary N) is 1. The lowest BCUT2D eigenvalue weighted by atomic mass is 9.85. The number of nitrogens with zero attached hydrogens (tertiary/aromatic N) is 3. The van der Waals surface area contributed by atoms with Crippen molar-refractivity contribution in [2.24, 2.45) is 29.4 Å². The average molecular weight is 1130 g/mol. The number of nitrogens with one attached hydrogen (secondary N) is 7. The third-order valence-corrected chi connectivity index (χ3v) is 16.0. The zero-order chi connectivity index (χ0) is 58.0. The molecule has 2 saturated heterocycles. The van der Waals surface area contributed by atoms with Gasteiger partial charge in [-0.3, -0.25) is 48.1 Å². The summed E-state index contributed by atoms with van der Waals surface area (Å²) in [5, 5.41) is 60.1. The van der Waals surface area contributed by atoms with Crippen LogP contribution in [0.2, 0.25) is 0 Å². The minimum atomic E-state index is -1.64. The second kappa shape index (κ2) is 27.1. The Labute approximate surface area is 461 Å². The van der Waals surface area contributed by atoms with Gasteiger partial charge in [-0.05, 0) is 50.8 Å². The molecule has 1 aromatic heterocycles. The molecule has 2 bridgehead atoms. The number of rotatable bonds is 11. The van der Waals surface area contributed by atoms with E-state index in [0.717, 1.165) is 16.7 Å². The number of aromatic amines is 1. The normalized spacial score (nSPS) is 26.2. The number of aliphatic hydroxyl groups excluding tert-OH is 3. The number of carbonyl (C=O) groups is 10. The molecule has 5 heterocycles. The molecule has 0 unspecified atom stereocenters. The molecule has 4 aliphatic heterocycles. The number of primary amides is 1. The van der Waals surface area contributed by atoms with Gasteiger partial charge in [0, 0.05) is 94.5 Å². The number of aromatic nitrogens is 1. The van der Waals surface area contributed by atoms with Gasteiger partial charge in [0.1, 0.15) is 29.1 Å². The Bertz CT molecular complexity index is 2620. The van der Waals surface area contributed by atoms with Crippen molar-refractivity contribution in [1.82, 2.24) is 46.7 Å². The number of benzene rings is 1. The molecule has 1 aromatic carbocycles. The van der Waals surface area contributed by atoms with Crippen LogP contribution in [0.25, 0.3) is 10.9 Å². The first-order valence-electron chi connectivity index (χ1n) is 26.8. The molecule has 6 rings (SSSR count). The van der Waals surface area contributed by atoms with E-state index in [9.17, 15) is 68.4 Å². The van der Waals surface area contributed by atoms with Gasteiger partial charge in [0.25, 0.3) is 0 Å². The molecule has 10 atom stereocenters. The lowest BCUT2D eigenvalue weighted by molar-refractivity contribution is -0.145. The van der Waals surface area contributed by atoms with Gasteiger partial charge in [-0.15, -0.1) is 11.8 Å². The number of Topliss-reactive ketones (excluding diaryl/α,β-unsaturated/α-hetero) is 2. The van der Waals surface area contributed by atoms with Crippen LogP contribution in [0.5, 0.6) is 5.75 Å². The third-order valence-electron chi connectivity index (χ3n) is 14.9. The average Bonchev–Trinajstić information content (AvgIpc) is 4.04. The van der Waals surface area contributed by atoms with Crippen LogP contribution in [0.15, 0.2) is 17.2 Å².